The summed E-state index contributed by atoms with van der Waals surface area (Å²) in [4.78, 5) is 11.0. The van der Waals surface area contributed by atoms with Gasteiger partial charge in [0.25, 0.3) is 0 Å². The molecular weight excluding hydrogens is 350 g/mol. The quantitative estimate of drug-likeness (QED) is 0.291. The molecule has 0 aromatic heterocycles. The Kier molecular flexibility index (Phi) is 6.95. The van der Waals surface area contributed by atoms with Gasteiger partial charge in [-0.2, -0.15) is 0 Å². The first-order valence-corrected chi connectivity index (χ1v) is 9.54. The van der Waals surface area contributed by atoms with Crippen LogP contribution in [-0.2, 0) is 4.79 Å². The molecule has 0 saturated carbocycles. The highest BCUT2D eigenvalue weighted by molar-refractivity contribution is 5.74. The minimum atomic E-state index is -0.549. The van der Waals surface area contributed by atoms with Crippen molar-refractivity contribution in [1.82, 2.24) is 5.48 Å². The molecule has 144 valence electrons. The Morgan fingerprint density at radius 1 is 0.750 bits per heavy atom. The van der Waals surface area contributed by atoms with Crippen LogP contribution in [0.25, 0.3) is 22.3 Å². The summed E-state index contributed by atoms with van der Waals surface area (Å²) in [6, 6.07) is 26.7. The Balaban J connectivity index is 1.58. The van der Waals surface area contributed by atoms with Crippen LogP contribution in [0.2, 0.25) is 0 Å². The SMILES string of the molecule is O=C(CCCC[C@@H](O)c1ccc(-c2ccc(-c3ccccc3)cc2)cc1)NO. The second-order valence-electron chi connectivity index (χ2n) is 6.86. The van der Waals surface area contributed by atoms with Gasteiger partial charge in [0.1, 0.15) is 0 Å². The third-order valence-electron chi connectivity index (χ3n) is 4.88. The number of nitrogens with one attached hydrogen (secondary N) is 1. The minimum absolute atomic E-state index is 0.265. The second kappa shape index (κ2) is 9.83. The molecule has 3 aromatic carbocycles. The Bertz CT molecular complexity index is 874. The highest BCUT2D eigenvalue weighted by Gasteiger charge is 2.09. The van der Waals surface area contributed by atoms with Gasteiger partial charge in [0.2, 0.25) is 5.91 Å². The van der Waals surface area contributed by atoms with Crippen LogP contribution < -0.4 is 5.48 Å². The van der Waals surface area contributed by atoms with Gasteiger partial charge in [0.05, 0.1) is 6.10 Å². The molecule has 0 saturated heterocycles. The summed E-state index contributed by atoms with van der Waals surface area (Å²) in [6.45, 7) is 0. The summed E-state index contributed by atoms with van der Waals surface area (Å²) in [5.41, 5.74) is 7.12. The van der Waals surface area contributed by atoms with E-state index in [1.807, 2.05) is 42.5 Å². The lowest BCUT2D eigenvalue weighted by molar-refractivity contribution is -0.129. The molecule has 1 atom stereocenters. The van der Waals surface area contributed by atoms with Crippen LogP contribution in [0.1, 0.15) is 37.4 Å². The minimum Gasteiger partial charge on any atom is -0.388 e. The lowest BCUT2D eigenvalue weighted by Gasteiger charge is -2.12. The predicted octanol–water partition coefficient (Wildman–Crippen LogP) is 5.12. The monoisotopic (exact) mass is 375 g/mol. The number of unbranched alkanes of at least 4 members (excludes halogenated alkanes) is 1. The molecule has 0 radical (unpaired) electrons. The summed E-state index contributed by atoms with van der Waals surface area (Å²) in [6.07, 6.45) is 1.66. The fourth-order valence-electron chi connectivity index (χ4n) is 3.23. The van der Waals surface area contributed by atoms with Gasteiger partial charge in [-0.3, -0.25) is 10.0 Å². The van der Waals surface area contributed by atoms with Gasteiger partial charge in [0, 0.05) is 6.42 Å². The number of benzene rings is 3. The van der Waals surface area contributed by atoms with Crippen molar-refractivity contribution in [2.45, 2.75) is 31.8 Å². The maximum atomic E-state index is 11.0. The summed E-state index contributed by atoms with van der Waals surface area (Å²) in [5.74, 6) is -0.392. The van der Waals surface area contributed by atoms with E-state index in [2.05, 4.69) is 36.4 Å². The largest absolute Gasteiger partial charge is 0.388 e. The zero-order valence-corrected chi connectivity index (χ0v) is 15.7. The molecule has 4 nitrogen and oxygen atoms in total. The van der Waals surface area contributed by atoms with Crippen molar-refractivity contribution < 1.29 is 15.1 Å². The summed E-state index contributed by atoms with van der Waals surface area (Å²) < 4.78 is 0. The van der Waals surface area contributed by atoms with E-state index in [4.69, 9.17) is 5.21 Å². The van der Waals surface area contributed by atoms with Crippen molar-refractivity contribution in [2.24, 2.45) is 0 Å². The van der Waals surface area contributed by atoms with E-state index in [9.17, 15) is 9.90 Å². The standard InChI is InChI=1S/C24H25NO3/c26-23(8-4-5-9-24(27)25-28)22-16-14-21(15-17-22)20-12-10-19(11-13-20)18-6-2-1-3-7-18/h1-3,6-7,10-17,23,26,28H,4-5,8-9H2,(H,25,27)/t23-/m1/s1. The Morgan fingerprint density at radius 2 is 1.25 bits per heavy atom. The molecule has 28 heavy (non-hydrogen) atoms. The van der Waals surface area contributed by atoms with Gasteiger partial charge in [-0.15, -0.1) is 0 Å². The van der Waals surface area contributed by atoms with Crippen LogP contribution in [-0.4, -0.2) is 16.2 Å². The molecule has 0 heterocycles. The normalized spacial score (nSPS) is 11.8. The Labute approximate surface area is 165 Å². The molecule has 0 aliphatic rings. The Hall–Kier alpha value is -2.95. The molecule has 0 bridgehead atoms. The summed E-state index contributed by atoms with van der Waals surface area (Å²) >= 11 is 0. The molecule has 1 amide bonds. The molecule has 0 aliphatic heterocycles. The van der Waals surface area contributed by atoms with Crippen molar-refractivity contribution in [3.05, 3.63) is 84.4 Å². The van der Waals surface area contributed by atoms with E-state index in [1.54, 1.807) is 5.48 Å². The highest BCUT2D eigenvalue weighted by Crippen LogP contribution is 2.27. The molecule has 4 heteroatoms. The summed E-state index contributed by atoms with van der Waals surface area (Å²) in [7, 11) is 0. The number of aliphatic hydroxyl groups excluding tert-OH is 1. The first-order chi connectivity index (χ1) is 13.7. The van der Waals surface area contributed by atoms with Crippen LogP contribution in [0.5, 0.6) is 0 Å². The smallest absolute Gasteiger partial charge is 0.243 e. The maximum Gasteiger partial charge on any atom is 0.243 e. The Morgan fingerprint density at radius 3 is 1.79 bits per heavy atom. The van der Waals surface area contributed by atoms with E-state index in [0.717, 1.165) is 23.1 Å². The third kappa shape index (κ3) is 5.28. The van der Waals surface area contributed by atoms with Gasteiger partial charge < -0.3 is 5.11 Å². The molecule has 0 spiro atoms. The second-order valence-corrected chi connectivity index (χ2v) is 6.86. The zero-order chi connectivity index (χ0) is 19.8. The average molecular weight is 375 g/mol. The van der Waals surface area contributed by atoms with E-state index in [-0.39, 0.29) is 6.42 Å². The van der Waals surface area contributed by atoms with Crippen molar-refractivity contribution in [3.63, 3.8) is 0 Å². The van der Waals surface area contributed by atoms with Gasteiger partial charge in [-0.1, -0.05) is 85.3 Å². The van der Waals surface area contributed by atoms with Crippen molar-refractivity contribution in [3.8, 4) is 22.3 Å². The number of hydroxylamine groups is 1. The molecule has 3 aromatic rings. The van der Waals surface area contributed by atoms with E-state index >= 15 is 0 Å². The van der Waals surface area contributed by atoms with Crippen LogP contribution >= 0.6 is 0 Å². The molecule has 3 rings (SSSR count). The maximum absolute atomic E-state index is 11.0. The average Bonchev–Trinajstić information content (AvgIpc) is 2.77. The number of rotatable bonds is 8. The van der Waals surface area contributed by atoms with E-state index in [0.29, 0.717) is 12.8 Å². The zero-order valence-electron chi connectivity index (χ0n) is 15.7. The number of carbonyl (C=O) groups excluding carboxylic acids is 1. The van der Waals surface area contributed by atoms with Crippen LogP contribution in [0.15, 0.2) is 78.9 Å². The van der Waals surface area contributed by atoms with Crippen molar-refractivity contribution >= 4 is 5.91 Å². The van der Waals surface area contributed by atoms with Gasteiger partial charge in [0.15, 0.2) is 0 Å². The number of amides is 1. The molecule has 3 N–H and O–H groups in total. The fourth-order valence-corrected chi connectivity index (χ4v) is 3.23. The number of carbonyl (C=O) groups is 1. The fraction of sp³-hybridized carbons (Fsp3) is 0.208. The lowest BCUT2D eigenvalue weighted by Crippen LogP contribution is -2.17. The molecule has 0 aliphatic carbocycles. The number of aliphatic hydroxyl groups is 1. The number of hydrogen-bond acceptors (Lipinski definition) is 3. The van der Waals surface area contributed by atoms with Gasteiger partial charge in [-0.05, 0) is 40.7 Å². The summed E-state index contributed by atoms with van der Waals surface area (Å²) in [5, 5.41) is 18.8. The highest BCUT2D eigenvalue weighted by atomic mass is 16.5. The van der Waals surface area contributed by atoms with Gasteiger partial charge >= 0.3 is 0 Å². The first-order valence-electron chi connectivity index (χ1n) is 9.54. The van der Waals surface area contributed by atoms with Gasteiger partial charge in [-0.25, -0.2) is 5.48 Å². The van der Waals surface area contributed by atoms with Crippen LogP contribution in [0, 0.1) is 0 Å². The van der Waals surface area contributed by atoms with Crippen molar-refractivity contribution in [2.75, 3.05) is 0 Å². The van der Waals surface area contributed by atoms with Crippen molar-refractivity contribution in [1.29, 1.82) is 0 Å². The third-order valence-corrected chi connectivity index (χ3v) is 4.88. The predicted molar refractivity (Wildman–Crippen MR) is 111 cm³/mol. The van der Waals surface area contributed by atoms with E-state index < -0.39 is 12.0 Å². The van der Waals surface area contributed by atoms with Crippen LogP contribution in [0.3, 0.4) is 0 Å². The molecule has 0 unspecified atom stereocenters. The number of hydrogen-bond donors (Lipinski definition) is 3. The molecule has 0 fully saturated rings. The topological polar surface area (TPSA) is 69.6 Å². The molecular formula is C24H25NO3. The lowest BCUT2D eigenvalue weighted by atomic mass is 9.97. The first kappa shape index (κ1) is 19.8. The van der Waals surface area contributed by atoms with Crippen LogP contribution in [0.4, 0.5) is 0 Å². The van der Waals surface area contributed by atoms with E-state index in [1.165, 1.54) is 11.1 Å².